The van der Waals surface area contributed by atoms with Crippen molar-refractivity contribution in [2.45, 2.75) is 32.2 Å². The Hall–Kier alpha value is -2.63. The molecule has 1 N–H and O–H groups in total. The number of benzene rings is 1. The molecule has 0 bridgehead atoms. The van der Waals surface area contributed by atoms with Gasteiger partial charge in [-0.05, 0) is 72.2 Å². The van der Waals surface area contributed by atoms with E-state index in [1.54, 1.807) is 0 Å². The van der Waals surface area contributed by atoms with Crippen molar-refractivity contribution < 1.29 is 14.4 Å². The van der Waals surface area contributed by atoms with Gasteiger partial charge in [0, 0.05) is 36.9 Å². The Morgan fingerprint density at radius 3 is 2.66 bits per heavy atom. The molecule has 0 unspecified atom stereocenters. The number of rotatable bonds is 5. The van der Waals surface area contributed by atoms with Gasteiger partial charge in [0.2, 0.25) is 0 Å². The van der Waals surface area contributed by atoms with Gasteiger partial charge in [-0.1, -0.05) is 24.3 Å². The van der Waals surface area contributed by atoms with Gasteiger partial charge in [0.1, 0.15) is 0 Å². The van der Waals surface area contributed by atoms with Crippen LogP contribution in [0.2, 0.25) is 0 Å². The second-order valence-corrected chi connectivity index (χ2v) is 7.63. The van der Waals surface area contributed by atoms with Crippen LogP contribution in [-0.2, 0) is 16.1 Å². The molecule has 0 spiro atoms. The summed E-state index contributed by atoms with van der Waals surface area (Å²) >= 11 is 0. The number of nitrogens with one attached hydrogen (secondary N) is 1. The molecule has 1 fully saturated rings. The lowest BCUT2D eigenvalue weighted by molar-refractivity contribution is 0.0537. The van der Waals surface area contributed by atoms with Gasteiger partial charge in [-0.25, -0.2) is 5.48 Å². The largest absolute Gasteiger partial charge is 0.381 e. The highest BCUT2D eigenvalue weighted by atomic mass is 16.6. The zero-order chi connectivity index (χ0) is 20.1. The Balaban J connectivity index is 1.57. The van der Waals surface area contributed by atoms with Gasteiger partial charge in [-0.15, -0.1) is 0 Å². The zero-order valence-corrected chi connectivity index (χ0v) is 16.9. The highest BCUT2D eigenvalue weighted by molar-refractivity contribution is 5.93. The van der Waals surface area contributed by atoms with Crippen LogP contribution in [0.15, 0.2) is 48.2 Å². The molecule has 4 rings (SSSR count). The molecule has 1 aromatic carbocycles. The zero-order valence-electron chi connectivity index (χ0n) is 16.9. The van der Waals surface area contributed by atoms with Gasteiger partial charge in [0.25, 0.3) is 5.91 Å². The van der Waals surface area contributed by atoms with E-state index in [4.69, 9.17) is 4.74 Å². The Morgan fingerprint density at radius 2 is 1.90 bits per heavy atom. The van der Waals surface area contributed by atoms with Crippen molar-refractivity contribution >= 4 is 18.1 Å². The molecule has 2 aliphatic rings. The van der Waals surface area contributed by atoms with Gasteiger partial charge in [-0.3, -0.25) is 9.63 Å². The SMILES string of the molecule is CONC(=O)c1ccc(Cn2ccc3c2=CCCC=C(C2CCOCC2)C=3)cc1. The van der Waals surface area contributed by atoms with Crippen molar-refractivity contribution in [1.82, 2.24) is 10.0 Å². The molecule has 1 aromatic heterocycles. The normalized spacial score (nSPS) is 17.2. The fourth-order valence-corrected chi connectivity index (χ4v) is 4.13. The molecule has 1 aliphatic heterocycles. The van der Waals surface area contributed by atoms with E-state index < -0.39 is 0 Å². The van der Waals surface area contributed by atoms with Crippen LogP contribution in [0.1, 0.15) is 41.6 Å². The third kappa shape index (κ3) is 4.69. The van der Waals surface area contributed by atoms with E-state index in [1.807, 2.05) is 24.3 Å². The molecule has 0 saturated carbocycles. The number of aromatic nitrogens is 1. The lowest BCUT2D eigenvalue weighted by Gasteiger charge is -2.23. The summed E-state index contributed by atoms with van der Waals surface area (Å²) in [7, 11) is 1.43. The van der Waals surface area contributed by atoms with Crippen molar-refractivity contribution in [3.63, 3.8) is 0 Å². The average Bonchev–Trinajstić information content (AvgIpc) is 3.09. The Bertz CT molecular complexity index is 996. The fourth-order valence-electron chi connectivity index (χ4n) is 4.13. The van der Waals surface area contributed by atoms with Gasteiger partial charge >= 0.3 is 0 Å². The second kappa shape index (κ2) is 9.25. The van der Waals surface area contributed by atoms with E-state index in [-0.39, 0.29) is 5.91 Å². The summed E-state index contributed by atoms with van der Waals surface area (Å²) in [6.07, 6.45) is 13.6. The maximum Gasteiger partial charge on any atom is 0.274 e. The number of ether oxygens (including phenoxy) is 1. The molecule has 1 amide bonds. The number of nitrogens with zero attached hydrogens (tertiary/aromatic N) is 1. The van der Waals surface area contributed by atoms with Crippen LogP contribution in [0.25, 0.3) is 12.2 Å². The summed E-state index contributed by atoms with van der Waals surface area (Å²) in [5, 5.41) is 2.57. The maximum atomic E-state index is 11.8. The topological polar surface area (TPSA) is 52.5 Å². The third-order valence-corrected chi connectivity index (χ3v) is 5.70. The van der Waals surface area contributed by atoms with Crippen LogP contribution in [-0.4, -0.2) is 30.8 Å². The number of amides is 1. The molecular weight excluding hydrogens is 364 g/mol. The number of carbonyl (C=O) groups is 1. The molecule has 0 radical (unpaired) electrons. The number of hydrogen-bond acceptors (Lipinski definition) is 3. The summed E-state index contributed by atoms with van der Waals surface area (Å²) in [5.41, 5.74) is 5.56. The van der Waals surface area contributed by atoms with Crippen LogP contribution in [0.4, 0.5) is 0 Å². The number of hydrogen-bond donors (Lipinski definition) is 1. The van der Waals surface area contributed by atoms with Crippen LogP contribution in [0.3, 0.4) is 0 Å². The van der Waals surface area contributed by atoms with E-state index in [9.17, 15) is 4.79 Å². The van der Waals surface area contributed by atoms with Gasteiger partial charge in [0.15, 0.2) is 0 Å². The number of hydroxylamine groups is 1. The molecular formula is C24H28N2O3. The summed E-state index contributed by atoms with van der Waals surface area (Å²) < 4.78 is 7.83. The van der Waals surface area contributed by atoms with Crippen LogP contribution >= 0.6 is 0 Å². The van der Waals surface area contributed by atoms with Gasteiger partial charge in [-0.2, -0.15) is 0 Å². The van der Waals surface area contributed by atoms with E-state index in [1.165, 1.54) is 23.3 Å². The molecule has 1 saturated heterocycles. The summed E-state index contributed by atoms with van der Waals surface area (Å²) in [6, 6.07) is 9.87. The predicted molar refractivity (Wildman–Crippen MR) is 113 cm³/mol. The first-order valence-corrected chi connectivity index (χ1v) is 10.3. The molecule has 1 aliphatic carbocycles. The summed E-state index contributed by atoms with van der Waals surface area (Å²) in [5.74, 6) is 0.379. The van der Waals surface area contributed by atoms with E-state index in [0.717, 1.165) is 51.0 Å². The number of carbonyl (C=O) groups excluding carboxylic acids is 1. The predicted octanol–water partition coefficient (Wildman–Crippen LogP) is 2.54. The van der Waals surface area contributed by atoms with E-state index in [0.29, 0.717) is 11.5 Å². The first-order valence-electron chi connectivity index (χ1n) is 10.3. The number of allylic oxidation sites excluding steroid dienone is 2. The average molecular weight is 392 g/mol. The van der Waals surface area contributed by atoms with E-state index in [2.05, 4.69) is 45.4 Å². The minimum atomic E-state index is -0.236. The van der Waals surface area contributed by atoms with Crippen molar-refractivity contribution in [2.75, 3.05) is 20.3 Å². The van der Waals surface area contributed by atoms with Crippen LogP contribution in [0, 0.1) is 5.92 Å². The molecule has 5 heteroatoms. The highest BCUT2D eigenvalue weighted by Gasteiger charge is 2.17. The minimum Gasteiger partial charge on any atom is -0.381 e. The van der Waals surface area contributed by atoms with Gasteiger partial charge in [0.05, 0.1) is 7.11 Å². The number of fused-ring (bicyclic) bond motifs is 1. The summed E-state index contributed by atoms with van der Waals surface area (Å²) in [4.78, 5) is 16.5. The lowest BCUT2D eigenvalue weighted by Crippen LogP contribution is -2.30. The monoisotopic (exact) mass is 392 g/mol. The van der Waals surface area contributed by atoms with Crippen LogP contribution in [0.5, 0.6) is 0 Å². The van der Waals surface area contributed by atoms with Crippen molar-refractivity contribution in [2.24, 2.45) is 5.92 Å². The Labute approximate surface area is 171 Å². The van der Waals surface area contributed by atoms with Crippen molar-refractivity contribution in [1.29, 1.82) is 0 Å². The van der Waals surface area contributed by atoms with Gasteiger partial charge < -0.3 is 9.30 Å². The highest BCUT2D eigenvalue weighted by Crippen LogP contribution is 2.25. The Kier molecular flexibility index (Phi) is 6.27. The van der Waals surface area contributed by atoms with E-state index >= 15 is 0 Å². The molecule has 29 heavy (non-hydrogen) atoms. The fraction of sp³-hybridized carbons (Fsp3) is 0.375. The molecule has 2 aromatic rings. The second-order valence-electron chi connectivity index (χ2n) is 7.63. The minimum absolute atomic E-state index is 0.236. The first-order chi connectivity index (χ1) is 14.2. The lowest BCUT2D eigenvalue weighted by atomic mass is 9.89. The Morgan fingerprint density at radius 1 is 1.14 bits per heavy atom. The quantitative estimate of drug-likeness (QED) is 0.796. The maximum absolute atomic E-state index is 11.8. The molecule has 2 heterocycles. The van der Waals surface area contributed by atoms with Crippen molar-refractivity contribution in [3.8, 4) is 0 Å². The first kappa shape index (κ1) is 19.7. The molecule has 5 nitrogen and oxygen atoms in total. The third-order valence-electron chi connectivity index (χ3n) is 5.70. The van der Waals surface area contributed by atoms with Crippen LogP contribution < -0.4 is 16.0 Å². The summed E-state index contributed by atoms with van der Waals surface area (Å²) in [6.45, 7) is 2.52. The smallest absolute Gasteiger partial charge is 0.274 e. The standard InChI is InChI=1S/C24H28N2O3/c1-28-25-24(27)20-8-6-18(7-9-20)17-26-13-10-22-16-21(4-2-3-5-23(22)26)19-11-14-29-15-12-19/h4-10,13,16,19H,2-3,11-12,14-15,17H2,1H3,(H,25,27). The van der Waals surface area contributed by atoms with Crippen molar-refractivity contribution in [3.05, 3.63) is 69.9 Å². The molecule has 152 valence electrons. The molecule has 0 atom stereocenters.